The Morgan fingerprint density at radius 1 is 0.363 bits per heavy atom. The van der Waals surface area contributed by atoms with Gasteiger partial charge in [-0.1, -0.05) is 114 Å². The number of carbonyl (C=O) groups is 14. The van der Waals surface area contributed by atoms with Crippen molar-refractivity contribution in [3.8, 4) is 0 Å². The number of alkyl carbamates (subject to hydrolysis) is 4. The molecule has 2 aliphatic carbocycles. The molecule has 738 valence electrons. The molecule has 0 spiro atoms. The molecular formula is C91H143K5N4O33Si2. The van der Waals surface area contributed by atoms with E-state index in [1.807, 2.05) is 55.4 Å². The third-order valence-corrected chi connectivity index (χ3v) is 27.6. The van der Waals surface area contributed by atoms with Gasteiger partial charge >= 0.3 is 262 Å². The second-order valence-electron chi connectivity index (χ2n) is 35.9. The van der Waals surface area contributed by atoms with Crippen LogP contribution in [0.1, 0.15) is 122 Å². The predicted molar refractivity (Wildman–Crippen MR) is 506 cm³/mol. The van der Waals surface area contributed by atoms with Crippen LogP contribution >= 0.6 is 0 Å². The molecule has 37 nitrogen and oxygen atoms in total. The molecule has 0 radical (unpaired) electrons. The Balaban J connectivity index is -0.00000123. The van der Waals surface area contributed by atoms with Crippen LogP contribution in [-0.2, 0) is 137 Å². The predicted octanol–water partition coefficient (Wildman–Crippen LogP) is 6.72. The summed E-state index contributed by atoms with van der Waals surface area (Å²) in [6.45, 7) is 55.8. The van der Waals surface area contributed by atoms with Gasteiger partial charge < -0.3 is 112 Å². The summed E-state index contributed by atoms with van der Waals surface area (Å²) in [5, 5.41) is 11.7. The minimum atomic E-state index is -1.83. The van der Waals surface area contributed by atoms with Gasteiger partial charge in [-0.25, -0.2) is 67.1 Å². The van der Waals surface area contributed by atoms with Crippen molar-refractivity contribution >= 4 is 227 Å². The molecule has 4 amide bonds. The van der Waals surface area contributed by atoms with Gasteiger partial charge in [0.2, 0.25) is 0 Å². The molecule has 44 heteroatoms. The Morgan fingerprint density at radius 3 is 0.896 bits per heavy atom. The molecule has 0 aromatic rings. The number of carbonyl (C=O) groups excluding carboxylic acids is 14. The number of nitrogens with one attached hydrogen (secondary N) is 4. The molecule has 4 N–H and O–H groups in total. The number of esters is 10. The third kappa shape index (κ3) is 62.8. The van der Waals surface area contributed by atoms with Gasteiger partial charge in [0.05, 0.1) is 67.9 Å². The topological polar surface area (TPSA) is 462 Å². The molecule has 0 saturated heterocycles. The SMILES string of the molecule is C=CC(=O)OCC(COCC(COC(=O)C=C)(COC(=O)C=C)COC(=O)NC1CC(C)(C)CC(C)(NC(=O)OC(C)COCCC[Si](C)(C)O[Si](C)(C)CCC)C1)(COC(=O)C=C)COC(=O)C=C.C=CC(=O)OCC(COCC(COC(=O)C=C)(COC(=O)C=C)COC(=O)NC1CC(C)(C)CC(C)(NC(=O)OCC(C)COCC)C1)(COC(=O)C=C)COC(=O)C=C.[H-].[K+].[K][K].[K][K]. The molecular weight excluding hydrogens is 1930 g/mol. The summed E-state index contributed by atoms with van der Waals surface area (Å²) in [4.78, 5) is 175. The summed E-state index contributed by atoms with van der Waals surface area (Å²) in [5.41, 5.74) is -8.67. The van der Waals surface area contributed by atoms with E-state index >= 15 is 0 Å². The van der Waals surface area contributed by atoms with Gasteiger partial charge in [-0.15, -0.1) is 0 Å². The van der Waals surface area contributed by atoms with E-state index in [0.29, 0.717) is 58.3 Å². The normalized spacial score (nSPS) is 16.8. The second-order valence-corrected chi connectivity index (χ2v) is 44.8. The van der Waals surface area contributed by atoms with Crippen LogP contribution in [0.4, 0.5) is 19.2 Å². The van der Waals surface area contributed by atoms with E-state index in [-0.39, 0.29) is 82.8 Å². The van der Waals surface area contributed by atoms with Crippen LogP contribution in [0.3, 0.4) is 0 Å². The number of hydrogen-bond acceptors (Lipinski definition) is 33. The average Bonchev–Trinajstić information content (AvgIpc) is 0.794. The van der Waals surface area contributed by atoms with Crippen molar-refractivity contribution < 1.29 is 209 Å². The quantitative estimate of drug-likeness (QED) is 0.0161. The maximum absolute atomic E-state index is 13.7. The summed E-state index contributed by atoms with van der Waals surface area (Å²) >= 11 is 5.00. The van der Waals surface area contributed by atoms with Crippen LogP contribution in [0.5, 0.6) is 0 Å². The molecule has 0 heterocycles. The fraction of sp³-hybridized carbons (Fsp3) is 0.626. The summed E-state index contributed by atoms with van der Waals surface area (Å²) in [6.07, 6.45) is 10.1. The molecule has 2 rings (SSSR count). The van der Waals surface area contributed by atoms with Crippen LogP contribution in [0.2, 0.25) is 38.3 Å². The van der Waals surface area contributed by atoms with Gasteiger partial charge in [0.1, 0.15) is 85.4 Å². The van der Waals surface area contributed by atoms with Crippen LogP contribution < -0.4 is 72.7 Å². The van der Waals surface area contributed by atoms with E-state index in [1.165, 1.54) is 126 Å². The molecule has 135 heavy (non-hydrogen) atoms. The molecule has 6 atom stereocenters. The number of hydrogen-bond donors (Lipinski definition) is 4. The average molecular weight is 2070 g/mol. The van der Waals surface area contributed by atoms with Crippen LogP contribution in [0, 0.1) is 38.4 Å². The zero-order chi connectivity index (χ0) is 103. The Morgan fingerprint density at radius 2 is 0.630 bits per heavy atom. The van der Waals surface area contributed by atoms with Crippen LogP contribution in [0.25, 0.3) is 0 Å². The van der Waals surface area contributed by atoms with Crippen molar-refractivity contribution in [1.29, 1.82) is 0 Å². The standard InChI is InChI=1S/C49H80N2O17Si2.C42H62N2O16.5K.H/c1-15-23-69(11,12)68-70(13,14)24-21-22-59-27-37(7)67-45(58)51-47(10)26-38(25-46(8,9)28-47)50-44(57)66-36-49(34-64-42(55)19-5,35-65-43(56)20-6)30-60-29-48(31-61-39(52)16-2,32-62-40(53)17-3)33-63-41(54)18-4;1-11-32(45)55-24-41(25-56-33(46)12-2,26-57-34(47)13-3)22-53-23-42(27-58-35(48)14-4,28-59-36(49)15-5)29-60-37(50)43-31-17-39(8,9)21-40(10,18-31)44-38(51)54-20-30(7)19-52-16-6;;;;;;/h16-20,37-38H,2-6,15,21-36H2,1,7-14H3,(H,50,57)(H,51,58);11-15,30-31H,1-5,16-29H2,6-10H3,(H,43,50)(H,44,51);;;;;;/q;;;;;;+1;-1. The first-order valence-electron chi connectivity index (χ1n) is 44.6. The molecule has 2 fully saturated rings. The summed E-state index contributed by atoms with van der Waals surface area (Å²) in [6, 6.07) is 1.12. The molecule has 2 aliphatic rings. The van der Waals surface area contributed by atoms with E-state index in [2.05, 4.69) is 120 Å². The Kier molecular flexibility index (Phi) is 73.7. The second kappa shape index (κ2) is 72.8. The van der Waals surface area contributed by atoms with E-state index < -0.39 is 257 Å². The molecule has 0 bridgehead atoms. The van der Waals surface area contributed by atoms with Crippen LogP contribution in [-0.4, -0.2) is 395 Å². The van der Waals surface area contributed by atoms with Crippen molar-refractivity contribution in [3.05, 3.63) is 127 Å². The van der Waals surface area contributed by atoms with E-state index in [9.17, 15) is 67.1 Å². The molecule has 2 saturated carbocycles. The first kappa shape index (κ1) is 137. The van der Waals surface area contributed by atoms with Crippen molar-refractivity contribution in [2.75, 3.05) is 139 Å². The van der Waals surface area contributed by atoms with Gasteiger partial charge in [-0.3, -0.25) is 0 Å². The first-order chi connectivity index (χ1) is 62.8. The first-order valence-corrected chi connectivity index (χ1v) is 82.8. The van der Waals surface area contributed by atoms with Crippen molar-refractivity contribution in [2.24, 2.45) is 38.4 Å². The van der Waals surface area contributed by atoms with Gasteiger partial charge in [0.25, 0.3) is 0 Å². The fourth-order valence-corrected chi connectivity index (χ4v) is 23.7. The minimum absolute atomic E-state index is 0. The van der Waals surface area contributed by atoms with Gasteiger partial charge in [-0.2, -0.15) is 0 Å². The maximum atomic E-state index is 13.7. The number of amides is 4. The zero-order valence-corrected chi connectivity index (χ0v) is 101. The van der Waals surface area contributed by atoms with Crippen LogP contribution in [0.15, 0.2) is 127 Å². The molecule has 0 aromatic carbocycles. The van der Waals surface area contributed by atoms with E-state index in [4.69, 9.17) is 89.4 Å². The van der Waals surface area contributed by atoms with E-state index in [0.717, 1.165) is 85.7 Å². The van der Waals surface area contributed by atoms with Crippen molar-refractivity contribution in [3.63, 3.8) is 0 Å². The number of rotatable bonds is 62. The number of ether oxygens (including phenoxy) is 18. The molecule has 0 aliphatic heterocycles. The Labute approximate surface area is 933 Å². The van der Waals surface area contributed by atoms with Crippen molar-refractivity contribution in [1.82, 2.24) is 21.3 Å². The Bertz CT molecular complexity index is 3710. The summed E-state index contributed by atoms with van der Waals surface area (Å²) in [7, 11) is -3.52. The van der Waals surface area contributed by atoms with Gasteiger partial charge in [-0.05, 0) is 122 Å². The fourth-order valence-electron chi connectivity index (χ4n) is 14.7. The van der Waals surface area contributed by atoms with Crippen molar-refractivity contribution in [2.45, 2.75) is 188 Å². The van der Waals surface area contributed by atoms with Gasteiger partial charge in [0, 0.05) is 103 Å². The molecule has 0 aromatic heterocycles. The summed E-state index contributed by atoms with van der Waals surface area (Å²) in [5.74, 6) is -8.61. The monoisotopic (exact) mass is 2070 g/mol. The van der Waals surface area contributed by atoms with Gasteiger partial charge in [0.15, 0.2) is 16.6 Å². The Hall–Kier alpha value is -2.40. The summed E-state index contributed by atoms with van der Waals surface area (Å²) < 4.78 is 106. The third-order valence-electron chi connectivity index (χ3n) is 19.9. The zero-order valence-electron chi connectivity index (χ0n) is 84.5. The molecule has 6 unspecified atom stereocenters. The van der Waals surface area contributed by atoms with E-state index in [1.54, 1.807) is 6.92 Å².